The zero-order chi connectivity index (χ0) is 12.2. The number of aliphatic hydroxyl groups is 1. The van der Waals surface area contributed by atoms with Gasteiger partial charge in [0.1, 0.15) is 0 Å². The van der Waals surface area contributed by atoms with Crippen molar-refractivity contribution in [2.45, 2.75) is 51.4 Å². The minimum atomic E-state index is -0.125. The van der Waals surface area contributed by atoms with Crippen molar-refractivity contribution in [2.24, 2.45) is 0 Å². The third-order valence-electron chi connectivity index (χ3n) is 2.95. The second-order valence-corrected chi connectivity index (χ2v) is 5.51. The van der Waals surface area contributed by atoms with E-state index in [1.165, 1.54) is 0 Å². The van der Waals surface area contributed by atoms with Crippen molar-refractivity contribution < 1.29 is 14.6 Å². The maximum atomic E-state index is 8.56. The van der Waals surface area contributed by atoms with Crippen LogP contribution in [0.2, 0.25) is 0 Å². The summed E-state index contributed by atoms with van der Waals surface area (Å²) in [5.41, 5.74) is -0.173. The minimum Gasteiger partial charge on any atom is -0.394 e. The van der Waals surface area contributed by atoms with Crippen LogP contribution in [0, 0.1) is 0 Å². The molecule has 1 unspecified atom stereocenters. The number of ether oxygens (including phenoxy) is 2. The van der Waals surface area contributed by atoms with Gasteiger partial charge in [0.05, 0.1) is 31.0 Å². The Labute approximate surface area is 98.3 Å². The van der Waals surface area contributed by atoms with Gasteiger partial charge in [0.15, 0.2) is 0 Å². The van der Waals surface area contributed by atoms with Crippen LogP contribution in [-0.4, -0.2) is 48.7 Å². The van der Waals surface area contributed by atoms with Crippen LogP contribution in [0.4, 0.5) is 0 Å². The van der Waals surface area contributed by atoms with E-state index in [2.05, 4.69) is 33.0 Å². The lowest BCUT2D eigenvalue weighted by molar-refractivity contribution is -0.0700. The molecule has 1 fully saturated rings. The Balaban J connectivity index is 2.26. The highest BCUT2D eigenvalue weighted by Gasteiger charge is 2.45. The Bertz CT molecular complexity index is 216. The van der Waals surface area contributed by atoms with Gasteiger partial charge in [-0.2, -0.15) is 0 Å². The summed E-state index contributed by atoms with van der Waals surface area (Å²) in [5, 5.41) is 12.0. The summed E-state index contributed by atoms with van der Waals surface area (Å²) in [6.07, 6.45) is 1.01. The lowest BCUT2D eigenvalue weighted by Crippen LogP contribution is -2.44. The summed E-state index contributed by atoms with van der Waals surface area (Å²) in [6.45, 7) is 10.4. The first kappa shape index (κ1) is 13.9. The molecule has 0 aliphatic carbocycles. The van der Waals surface area contributed by atoms with Crippen molar-refractivity contribution in [1.82, 2.24) is 5.32 Å². The van der Waals surface area contributed by atoms with Crippen molar-refractivity contribution in [3.8, 4) is 0 Å². The Morgan fingerprint density at radius 3 is 2.50 bits per heavy atom. The van der Waals surface area contributed by atoms with Crippen LogP contribution in [0.5, 0.6) is 0 Å². The van der Waals surface area contributed by atoms with Crippen LogP contribution >= 0.6 is 0 Å². The average Bonchev–Trinajstić information content (AvgIpc) is 2.34. The molecule has 96 valence electrons. The van der Waals surface area contributed by atoms with Crippen molar-refractivity contribution in [3.05, 3.63) is 0 Å². The average molecular weight is 231 g/mol. The molecule has 0 aromatic heterocycles. The van der Waals surface area contributed by atoms with E-state index in [9.17, 15) is 0 Å². The predicted molar refractivity (Wildman–Crippen MR) is 63.6 cm³/mol. The van der Waals surface area contributed by atoms with E-state index in [1.54, 1.807) is 0 Å². The van der Waals surface area contributed by atoms with Gasteiger partial charge in [-0.05, 0) is 34.1 Å². The molecule has 1 rings (SSSR count). The van der Waals surface area contributed by atoms with Gasteiger partial charge in [-0.1, -0.05) is 0 Å². The maximum Gasteiger partial charge on any atom is 0.0787 e. The highest BCUT2D eigenvalue weighted by atomic mass is 16.5. The highest BCUT2D eigenvalue weighted by Crippen LogP contribution is 2.36. The molecular formula is C12H25NO3. The van der Waals surface area contributed by atoms with Crippen LogP contribution in [-0.2, 0) is 9.47 Å². The fourth-order valence-corrected chi connectivity index (χ4v) is 2.35. The number of rotatable bonds is 6. The quantitative estimate of drug-likeness (QED) is 0.668. The largest absolute Gasteiger partial charge is 0.394 e. The molecule has 1 aliphatic rings. The Hall–Kier alpha value is -0.160. The monoisotopic (exact) mass is 231 g/mol. The molecule has 1 aliphatic heterocycles. The molecule has 0 aromatic rings. The molecule has 0 bridgehead atoms. The standard InChI is InChI=1S/C12H25NO3/c1-11(2)9-10(12(3,4)16-11)13-5-7-15-8-6-14/h10,13-14H,5-9H2,1-4H3. The van der Waals surface area contributed by atoms with Crippen LogP contribution in [0.25, 0.3) is 0 Å². The fraction of sp³-hybridized carbons (Fsp3) is 1.00. The van der Waals surface area contributed by atoms with Gasteiger partial charge in [0.2, 0.25) is 0 Å². The van der Waals surface area contributed by atoms with Gasteiger partial charge in [-0.25, -0.2) is 0 Å². The molecule has 0 aromatic carbocycles. The van der Waals surface area contributed by atoms with E-state index < -0.39 is 0 Å². The minimum absolute atomic E-state index is 0.0485. The zero-order valence-electron chi connectivity index (χ0n) is 10.9. The molecule has 1 saturated heterocycles. The van der Waals surface area contributed by atoms with E-state index >= 15 is 0 Å². The molecule has 1 heterocycles. The molecule has 0 saturated carbocycles. The van der Waals surface area contributed by atoms with Gasteiger partial charge in [0, 0.05) is 12.6 Å². The first-order valence-electron chi connectivity index (χ1n) is 5.99. The van der Waals surface area contributed by atoms with E-state index in [0.717, 1.165) is 13.0 Å². The molecular weight excluding hydrogens is 206 g/mol. The smallest absolute Gasteiger partial charge is 0.0787 e. The SMILES string of the molecule is CC1(C)CC(NCCOCCO)C(C)(C)O1. The normalized spacial score (nSPS) is 27.2. The molecule has 1 atom stereocenters. The van der Waals surface area contributed by atoms with Crippen LogP contribution in [0.15, 0.2) is 0 Å². The van der Waals surface area contributed by atoms with Crippen molar-refractivity contribution >= 4 is 0 Å². The second-order valence-electron chi connectivity index (χ2n) is 5.51. The summed E-state index contributed by atoms with van der Waals surface area (Å²) in [5.74, 6) is 0. The summed E-state index contributed by atoms with van der Waals surface area (Å²) >= 11 is 0. The maximum absolute atomic E-state index is 8.56. The summed E-state index contributed by atoms with van der Waals surface area (Å²) in [4.78, 5) is 0. The topological polar surface area (TPSA) is 50.7 Å². The first-order chi connectivity index (χ1) is 7.37. The molecule has 0 amide bonds. The number of hydrogen-bond donors (Lipinski definition) is 2. The number of nitrogens with one attached hydrogen (secondary N) is 1. The van der Waals surface area contributed by atoms with E-state index in [4.69, 9.17) is 14.6 Å². The second kappa shape index (κ2) is 5.45. The predicted octanol–water partition coefficient (Wildman–Crippen LogP) is 0.931. The van der Waals surface area contributed by atoms with Crippen molar-refractivity contribution in [3.63, 3.8) is 0 Å². The number of hydrogen-bond acceptors (Lipinski definition) is 4. The van der Waals surface area contributed by atoms with Crippen molar-refractivity contribution in [1.29, 1.82) is 0 Å². The lowest BCUT2D eigenvalue weighted by Gasteiger charge is -2.27. The molecule has 2 N–H and O–H groups in total. The van der Waals surface area contributed by atoms with Gasteiger partial charge in [-0.3, -0.25) is 0 Å². The number of aliphatic hydroxyl groups excluding tert-OH is 1. The summed E-state index contributed by atoms with van der Waals surface area (Å²) < 4.78 is 11.2. The zero-order valence-corrected chi connectivity index (χ0v) is 10.9. The summed E-state index contributed by atoms with van der Waals surface area (Å²) in [6, 6.07) is 0.361. The summed E-state index contributed by atoms with van der Waals surface area (Å²) in [7, 11) is 0. The molecule has 4 heteroatoms. The molecule has 16 heavy (non-hydrogen) atoms. The van der Waals surface area contributed by atoms with Gasteiger partial charge >= 0.3 is 0 Å². The van der Waals surface area contributed by atoms with Gasteiger partial charge < -0.3 is 19.9 Å². The Morgan fingerprint density at radius 1 is 1.31 bits per heavy atom. The first-order valence-corrected chi connectivity index (χ1v) is 5.99. The highest BCUT2D eigenvalue weighted by molar-refractivity contribution is 4.98. The van der Waals surface area contributed by atoms with E-state index in [-0.39, 0.29) is 17.8 Å². The van der Waals surface area contributed by atoms with E-state index in [1.807, 2.05) is 0 Å². The fourth-order valence-electron chi connectivity index (χ4n) is 2.35. The molecule has 0 spiro atoms. The van der Waals surface area contributed by atoms with Gasteiger partial charge in [0.25, 0.3) is 0 Å². The van der Waals surface area contributed by atoms with E-state index in [0.29, 0.717) is 19.3 Å². The Kier molecular flexibility index (Phi) is 4.73. The lowest BCUT2D eigenvalue weighted by atomic mass is 9.94. The third-order valence-corrected chi connectivity index (χ3v) is 2.95. The van der Waals surface area contributed by atoms with Gasteiger partial charge in [-0.15, -0.1) is 0 Å². The van der Waals surface area contributed by atoms with Crippen LogP contribution < -0.4 is 5.32 Å². The molecule has 4 nitrogen and oxygen atoms in total. The molecule has 0 radical (unpaired) electrons. The third kappa shape index (κ3) is 4.01. The van der Waals surface area contributed by atoms with Crippen LogP contribution in [0.1, 0.15) is 34.1 Å². The van der Waals surface area contributed by atoms with Crippen molar-refractivity contribution in [2.75, 3.05) is 26.4 Å². The van der Waals surface area contributed by atoms with Crippen LogP contribution in [0.3, 0.4) is 0 Å². The Morgan fingerprint density at radius 2 is 2.00 bits per heavy atom.